The van der Waals surface area contributed by atoms with Gasteiger partial charge in [-0.05, 0) is 56.7 Å². The first kappa shape index (κ1) is 22.2. The van der Waals surface area contributed by atoms with Gasteiger partial charge in [-0.25, -0.2) is 0 Å². The van der Waals surface area contributed by atoms with Gasteiger partial charge in [-0.15, -0.1) is 11.8 Å². The highest BCUT2D eigenvalue weighted by molar-refractivity contribution is 8.01. The highest BCUT2D eigenvalue weighted by Crippen LogP contribution is 2.39. The van der Waals surface area contributed by atoms with Crippen LogP contribution < -0.4 is 10.6 Å². The number of thioether (sulfide) groups is 1. The molecule has 2 unspecified atom stereocenters. The SMILES string of the molecule is CCCCc1ccc(C(=O)N2CCC3(CC2)NC(C(=O)NC(C)CC)CS3)cc1. The molecule has 1 spiro atoms. The summed E-state index contributed by atoms with van der Waals surface area (Å²) in [5, 5.41) is 6.65. The number of likely N-dealkylation sites (tertiary alicyclic amines) is 1. The lowest BCUT2D eigenvalue weighted by Gasteiger charge is -2.39. The number of benzene rings is 1. The zero-order valence-electron chi connectivity index (χ0n) is 18.0. The van der Waals surface area contributed by atoms with Crippen LogP contribution in [0.15, 0.2) is 24.3 Å². The van der Waals surface area contributed by atoms with Gasteiger partial charge in [0.1, 0.15) is 0 Å². The summed E-state index contributed by atoms with van der Waals surface area (Å²) in [5.41, 5.74) is 2.08. The molecule has 2 aliphatic heterocycles. The maximum atomic E-state index is 12.9. The molecule has 0 radical (unpaired) electrons. The molecule has 160 valence electrons. The smallest absolute Gasteiger partial charge is 0.253 e. The van der Waals surface area contributed by atoms with Crippen LogP contribution in [0.5, 0.6) is 0 Å². The Balaban J connectivity index is 1.51. The van der Waals surface area contributed by atoms with E-state index in [0.29, 0.717) is 0 Å². The highest BCUT2D eigenvalue weighted by Gasteiger charge is 2.44. The Morgan fingerprint density at radius 3 is 2.55 bits per heavy atom. The molecule has 2 atom stereocenters. The Morgan fingerprint density at radius 2 is 1.93 bits per heavy atom. The molecule has 0 saturated carbocycles. The molecule has 1 aromatic rings. The molecule has 2 amide bonds. The van der Waals surface area contributed by atoms with Gasteiger partial charge in [0, 0.05) is 30.4 Å². The number of nitrogens with zero attached hydrogens (tertiary/aromatic N) is 1. The Hall–Kier alpha value is -1.53. The zero-order chi connectivity index (χ0) is 20.9. The summed E-state index contributed by atoms with van der Waals surface area (Å²) >= 11 is 1.85. The maximum Gasteiger partial charge on any atom is 0.253 e. The minimum atomic E-state index is -0.132. The predicted molar refractivity (Wildman–Crippen MR) is 120 cm³/mol. The first-order chi connectivity index (χ1) is 14.0. The van der Waals surface area contributed by atoms with E-state index in [2.05, 4.69) is 36.6 Å². The third-order valence-corrected chi connectivity index (χ3v) is 7.74. The molecular formula is C23H35N3O2S. The number of hydrogen-bond donors (Lipinski definition) is 2. The summed E-state index contributed by atoms with van der Waals surface area (Å²) in [4.78, 5) is 27.2. The molecule has 6 heteroatoms. The van der Waals surface area contributed by atoms with Gasteiger partial charge in [-0.3, -0.25) is 14.9 Å². The number of nitrogens with one attached hydrogen (secondary N) is 2. The maximum absolute atomic E-state index is 12.9. The molecule has 0 bridgehead atoms. The largest absolute Gasteiger partial charge is 0.352 e. The van der Waals surface area contributed by atoms with Crippen LogP contribution in [-0.2, 0) is 11.2 Å². The van der Waals surface area contributed by atoms with Gasteiger partial charge in [-0.1, -0.05) is 32.4 Å². The van der Waals surface area contributed by atoms with Crippen LogP contribution in [0.4, 0.5) is 0 Å². The molecular weight excluding hydrogens is 382 g/mol. The standard InChI is InChI=1S/C23H35N3O2S/c1-4-6-7-18-8-10-19(11-9-18)22(28)26-14-12-23(13-15-26)25-20(16-29-23)21(27)24-17(3)5-2/h8-11,17,20,25H,4-7,12-16H2,1-3H3,(H,24,27). The summed E-state index contributed by atoms with van der Waals surface area (Å²) in [6.45, 7) is 7.77. The number of carbonyl (C=O) groups excluding carboxylic acids is 2. The number of rotatable bonds is 7. The molecule has 0 aliphatic carbocycles. The first-order valence-electron chi connectivity index (χ1n) is 11.1. The summed E-state index contributed by atoms with van der Waals surface area (Å²) in [7, 11) is 0. The van der Waals surface area contributed by atoms with E-state index >= 15 is 0 Å². The van der Waals surface area contributed by atoms with Crippen LogP contribution in [0.1, 0.15) is 68.8 Å². The Kier molecular flexibility index (Phi) is 7.63. The fraction of sp³-hybridized carbons (Fsp3) is 0.652. The molecule has 2 saturated heterocycles. The van der Waals surface area contributed by atoms with Crippen molar-refractivity contribution in [3.8, 4) is 0 Å². The lowest BCUT2D eigenvalue weighted by atomic mass is 10.0. The topological polar surface area (TPSA) is 61.4 Å². The van der Waals surface area contributed by atoms with Gasteiger partial charge in [0.15, 0.2) is 0 Å². The van der Waals surface area contributed by atoms with Gasteiger partial charge in [0.25, 0.3) is 5.91 Å². The highest BCUT2D eigenvalue weighted by atomic mass is 32.2. The second-order valence-corrected chi connectivity index (χ2v) is 9.82. The van der Waals surface area contributed by atoms with Crippen molar-refractivity contribution in [3.63, 3.8) is 0 Å². The molecule has 29 heavy (non-hydrogen) atoms. The molecule has 2 N–H and O–H groups in total. The van der Waals surface area contributed by atoms with E-state index in [-0.39, 0.29) is 28.8 Å². The first-order valence-corrected chi connectivity index (χ1v) is 12.0. The number of hydrogen-bond acceptors (Lipinski definition) is 4. The summed E-state index contributed by atoms with van der Waals surface area (Å²) in [6, 6.07) is 8.18. The molecule has 2 aliphatic rings. The normalized spacial score (nSPS) is 21.9. The molecule has 1 aromatic carbocycles. The van der Waals surface area contributed by atoms with Gasteiger partial charge >= 0.3 is 0 Å². The molecule has 3 rings (SSSR count). The van der Waals surface area contributed by atoms with Crippen LogP contribution in [0.25, 0.3) is 0 Å². The van der Waals surface area contributed by atoms with E-state index in [1.54, 1.807) is 0 Å². The molecule has 2 heterocycles. The quantitative estimate of drug-likeness (QED) is 0.712. The molecule has 5 nitrogen and oxygen atoms in total. The zero-order valence-corrected chi connectivity index (χ0v) is 18.8. The van der Waals surface area contributed by atoms with Crippen molar-refractivity contribution < 1.29 is 9.59 Å². The summed E-state index contributed by atoms with van der Waals surface area (Å²) in [5.74, 6) is 1.02. The Bertz CT molecular complexity index is 699. The number of piperidine rings is 1. The van der Waals surface area contributed by atoms with Crippen molar-refractivity contribution in [2.24, 2.45) is 0 Å². The van der Waals surface area contributed by atoms with E-state index in [0.717, 1.165) is 50.1 Å². The number of unbranched alkanes of at least 4 members (excludes halogenated alkanes) is 1. The summed E-state index contributed by atoms with van der Waals surface area (Å²) in [6.07, 6.45) is 6.14. The average molecular weight is 418 g/mol. The van der Waals surface area contributed by atoms with Crippen molar-refractivity contribution in [2.45, 2.75) is 76.3 Å². The van der Waals surface area contributed by atoms with Gasteiger partial charge in [0.05, 0.1) is 10.9 Å². The molecule has 2 fully saturated rings. The number of aryl methyl sites for hydroxylation is 1. The fourth-order valence-electron chi connectivity index (χ4n) is 3.97. The van der Waals surface area contributed by atoms with E-state index in [1.807, 2.05) is 35.7 Å². The van der Waals surface area contributed by atoms with Crippen molar-refractivity contribution in [3.05, 3.63) is 35.4 Å². The van der Waals surface area contributed by atoms with Crippen LogP contribution >= 0.6 is 11.8 Å². The Labute approximate surface area is 179 Å². The van der Waals surface area contributed by atoms with E-state index < -0.39 is 0 Å². The minimum absolute atomic E-state index is 0.0712. The van der Waals surface area contributed by atoms with Crippen molar-refractivity contribution in [1.82, 2.24) is 15.5 Å². The van der Waals surface area contributed by atoms with E-state index in [4.69, 9.17) is 0 Å². The number of amides is 2. The van der Waals surface area contributed by atoms with Crippen molar-refractivity contribution >= 4 is 23.6 Å². The van der Waals surface area contributed by atoms with Gasteiger partial charge in [0.2, 0.25) is 5.91 Å². The second-order valence-electron chi connectivity index (χ2n) is 8.41. The second kappa shape index (κ2) is 9.98. The Morgan fingerprint density at radius 1 is 1.24 bits per heavy atom. The van der Waals surface area contributed by atoms with E-state index in [1.165, 1.54) is 18.4 Å². The molecule has 0 aromatic heterocycles. The third kappa shape index (κ3) is 5.54. The van der Waals surface area contributed by atoms with Gasteiger partial charge < -0.3 is 10.2 Å². The monoisotopic (exact) mass is 417 g/mol. The van der Waals surface area contributed by atoms with Crippen LogP contribution in [0.3, 0.4) is 0 Å². The minimum Gasteiger partial charge on any atom is -0.352 e. The fourth-order valence-corrected chi connectivity index (χ4v) is 5.38. The summed E-state index contributed by atoms with van der Waals surface area (Å²) < 4.78 is 0. The van der Waals surface area contributed by atoms with Crippen LogP contribution in [0.2, 0.25) is 0 Å². The number of carbonyl (C=O) groups is 2. The lowest BCUT2D eigenvalue weighted by molar-refractivity contribution is -0.123. The lowest BCUT2D eigenvalue weighted by Crippen LogP contribution is -2.55. The van der Waals surface area contributed by atoms with Crippen LogP contribution in [-0.4, -0.2) is 52.5 Å². The van der Waals surface area contributed by atoms with Gasteiger partial charge in [-0.2, -0.15) is 0 Å². The van der Waals surface area contributed by atoms with Crippen LogP contribution in [0, 0.1) is 0 Å². The van der Waals surface area contributed by atoms with E-state index in [9.17, 15) is 9.59 Å². The van der Waals surface area contributed by atoms with Crippen molar-refractivity contribution in [1.29, 1.82) is 0 Å². The van der Waals surface area contributed by atoms with Crippen molar-refractivity contribution in [2.75, 3.05) is 18.8 Å². The predicted octanol–water partition coefficient (Wildman–Crippen LogP) is 3.58. The third-order valence-electron chi connectivity index (χ3n) is 6.16. The average Bonchev–Trinajstić information content (AvgIpc) is 3.16.